The Hall–Kier alpha value is -1.97. The number of aromatic nitrogens is 3. The fourth-order valence-corrected chi connectivity index (χ4v) is 5.07. The molecule has 0 saturated heterocycles. The van der Waals surface area contributed by atoms with Gasteiger partial charge in [0.05, 0.1) is 10.9 Å². The Labute approximate surface area is 171 Å². The third kappa shape index (κ3) is 5.27. The van der Waals surface area contributed by atoms with Crippen LogP contribution in [0.5, 0.6) is 0 Å². The first-order valence-corrected chi connectivity index (χ1v) is 10.7. The van der Waals surface area contributed by atoms with Gasteiger partial charge in [0, 0.05) is 6.07 Å². The lowest BCUT2D eigenvalue weighted by atomic mass is 10.2. The first-order valence-electron chi connectivity index (χ1n) is 8.63. The number of para-hydroxylation sites is 1. The summed E-state index contributed by atoms with van der Waals surface area (Å²) in [6.07, 6.45) is 2.72. The summed E-state index contributed by atoms with van der Waals surface area (Å²) in [5.74, 6) is 0.985. The predicted octanol–water partition coefficient (Wildman–Crippen LogP) is 5.25. The Morgan fingerprint density at radius 2 is 2.19 bits per heavy atom. The van der Waals surface area contributed by atoms with Gasteiger partial charge >= 0.3 is 0 Å². The van der Waals surface area contributed by atoms with Crippen molar-refractivity contribution in [2.45, 2.75) is 42.7 Å². The van der Waals surface area contributed by atoms with E-state index in [0.29, 0.717) is 15.5 Å². The summed E-state index contributed by atoms with van der Waals surface area (Å²) in [5, 5.41) is 11.0. The molecule has 1 unspecified atom stereocenters. The molecule has 0 saturated carbocycles. The van der Waals surface area contributed by atoms with Crippen molar-refractivity contribution in [2.75, 3.05) is 5.32 Å². The second-order valence-corrected chi connectivity index (χ2v) is 9.01. The second-order valence-electron chi connectivity index (χ2n) is 5.94. The summed E-state index contributed by atoms with van der Waals surface area (Å²) >= 11 is 8.31. The zero-order chi connectivity index (χ0) is 19.2. The van der Waals surface area contributed by atoms with Gasteiger partial charge < -0.3 is 9.84 Å². The van der Waals surface area contributed by atoms with E-state index in [2.05, 4.69) is 22.5 Å². The summed E-state index contributed by atoms with van der Waals surface area (Å²) in [6.45, 7) is 3.89. The maximum absolute atomic E-state index is 12.7. The van der Waals surface area contributed by atoms with E-state index >= 15 is 0 Å². The van der Waals surface area contributed by atoms with E-state index in [4.69, 9.17) is 16.7 Å². The van der Waals surface area contributed by atoms with Crippen LogP contribution in [0.4, 0.5) is 5.82 Å². The van der Waals surface area contributed by atoms with Gasteiger partial charge in [-0.15, -0.1) is 5.10 Å². The van der Waals surface area contributed by atoms with Crippen LogP contribution < -0.4 is 5.32 Å². The molecule has 9 heteroatoms. The molecule has 142 valence electrons. The van der Waals surface area contributed by atoms with Crippen LogP contribution in [0, 0.1) is 10.9 Å². The van der Waals surface area contributed by atoms with Gasteiger partial charge in [-0.2, -0.15) is 0 Å². The first-order chi connectivity index (χ1) is 13.1. The maximum Gasteiger partial charge on any atom is 0.239 e. The largest absolute Gasteiger partial charge is 0.360 e. The molecule has 27 heavy (non-hydrogen) atoms. The molecule has 1 N–H and O–H groups in total. The van der Waals surface area contributed by atoms with Gasteiger partial charge in [0.25, 0.3) is 0 Å². The van der Waals surface area contributed by atoms with Gasteiger partial charge in [-0.25, -0.2) is 4.68 Å². The number of thioether (sulfide) groups is 1. The molecular formula is C18H20N4O2S3. The molecule has 0 fully saturated rings. The van der Waals surface area contributed by atoms with E-state index in [1.807, 2.05) is 30.3 Å². The fourth-order valence-electron chi connectivity index (χ4n) is 2.43. The highest BCUT2D eigenvalue weighted by atomic mass is 32.2. The van der Waals surface area contributed by atoms with Crippen molar-refractivity contribution in [1.29, 1.82) is 0 Å². The van der Waals surface area contributed by atoms with Crippen LogP contribution in [-0.2, 0) is 4.79 Å². The van der Waals surface area contributed by atoms with Gasteiger partial charge in [-0.05, 0) is 37.7 Å². The summed E-state index contributed by atoms with van der Waals surface area (Å²) in [7, 11) is 0. The lowest BCUT2D eigenvalue weighted by Gasteiger charge is -2.13. The van der Waals surface area contributed by atoms with Crippen molar-refractivity contribution in [2.24, 2.45) is 0 Å². The van der Waals surface area contributed by atoms with Gasteiger partial charge in [0.2, 0.25) is 5.91 Å². The number of unbranched alkanes of at least 4 members (excludes halogenated alkanes) is 1. The highest BCUT2D eigenvalue weighted by Crippen LogP contribution is 2.31. The van der Waals surface area contributed by atoms with Crippen LogP contribution in [0.15, 0.2) is 45.3 Å². The van der Waals surface area contributed by atoms with Gasteiger partial charge in [-0.3, -0.25) is 4.79 Å². The quantitative estimate of drug-likeness (QED) is 0.396. The number of carbonyl (C=O) groups excluding carboxylic acids is 1. The Bertz CT molecular complexity index is 949. The van der Waals surface area contributed by atoms with Gasteiger partial charge in [0.1, 0.15) is 5.76 Å². The molecule has 3 rings (SSSR count). The number of anilines is 1. The summed E-state index contributed by atoms with van der Waals surface area (Å²) in [4.78, 5) is 12.7. The number of hydrogen-bond donors (Lipinski definition) is 1. The minimum Gasteiger partial charge on any atom is -0.360 e. The number of benzene rings is 1. The Kier molecular flexibility index (Phi) is 6.81. The normalized spacial score (nSPS) is 12.1. The molecule has 0 aliphatic carbocycles. The minimum atomic E-state index is -0.272. The SMILES string of the molecule is CCCCC(Sc1nn(-c2ccccc2)c(=S)s1)C(=O)Nc1cc(C)on1. The Morgan fingerprint density at radius 1 is 1.41 bits per heavy atom. The lowest BCUT2D eigenvalue weighted by Crippen LogP contribution is -2.25. The van der Waals surface area contributed by atoms with E-state index in [1.54, 1.807) is 17.7 Å². The lowest BCUT2D eigenvalue weighted by molar-refractivity contribution is -0.115. The molecule has 2 aromatic heterocycles. The van der Waals surface area contributed by atoms with E-state index in [0.717, 1.165) is 29.3 Å². The number of hydrogen-bond acceptors (Lipinski definition) is 7. The molecule has 1 aromatic carbocycles. The van der Waals surface area contributed by atoms with Crippen LogP contribution in [0.3, 0.4) is 0 Å². The van der Waals surface area contributed by atoms with E-state index in [9.17, 15) is 4.79 Å². The number of nitrogens with one attached hydrogen (secondary N) is 1. The van der Waals surface area contributed by atoms with Crippen LogP contribution in [0.2, 0.25) is 0 Å². The number of aryl methyl sites for hydroxylation is 1. The van der Waals surface area contributed by atoms with Crippen molar-refractivity contribution >= 4 is 47.0 Å². The van der Waals surface area contributed by atoms with E-state index < -0.39 is 0 Å². The molecule has 0 spiro atoms. The van der Waals surface area contributed by atoms with Gasteiger partial charge in [0.15, 0.2) is 14.1 Å². The van der Waals surface area contributed by atoms with E-state index in [1.165, 1.54) is 23.1 Å². The standard InChI is InChI=1S/C18H20N4O2S3/c1-3-4-10-14(16(23)19-15-11-12(2)24-21-15)26-17-20-22(18(25)27-17)13-8-6-5-7-9-13/h5-9,11,14H,3-4,10H2,1-2H3,(H,19,21,23). The summed E-state index contributed by atoms with van der Waals surface area (Å²) < 4.78 is 8.18. The minimum absolute atomic E-state index is 0.103. The average molecular weight is 421 g/mol. The Balaban J connectivity index is 1.76. The van der Waals surface area contributed by atoms with Crippen molar-refractivity contribution in [3.63, 3.8) is 0 Å². The zero-order valence-corrected chi connectivity index (χ0v) is 17.5. The maximum atomic E-state index is 12.7. The molecule has 0 bridgehead atoms. The monoisotopic (exact) mass is 420 g/mol. The molecule has 1 amide bonds. The Morgan fingerprint density at radius 3 is 2.85 bits per heavy atom. The van der Waals surface area contributed by atoms with Crippen molar-refractivity contribution in [3.05, 3.63) is 46.1 Å². The van der Waals surface area contributed by atoms with E-state index in [-0.39, 0.29) is 11.2 Å². The van der Waals surface area contributed by atoms with Crippen molar-refractivity contribution < 1.29 is 9.32 Å². The van der Waals surface area contributed by atoms with Crippen LogP contribution in [0.1, 0.15) is 31.9 Å². The highest BCUT2D eigenvalue weighted by molar-refractivity contribution is 8.02. The number of nitrogens with zero attached hydrogens (tertiary/aromatic N) is 3. The van der Waals surface area contributed by atoms with Crippen LogP contribution in [0.25, 0.3) is 5.69 Å². The number of carbonyl (C=O) groups is 1. The number of amides is 1. The smallest absolute Gasteiger partial charge is 0.239 e. The summed E-state index contributed by atoms with van der Waals surface area (Å²) in [6, 6.07) is 11.5. The topological polar surface area (TPSA) is 73.0 Å². The van der Waals surface area contributed by atoms with Crippen molar-refractivity contribution in [3.8, 4) is 5.69 Å². The van der Waals surface area contributed by atoms with Crippen LogP contribution in [-0.4, -0.2) is 26.1 Å². The first kappa shape index (κ1) is 19.8. The third-order valence-corrected chi connectivity index (χ3v) is 6.35. The average Bonchev–Trinajstić information content (AvgIpc) is 3.24. The molecule has 6 nitrogen and oxygen atoms in total. The highest BCUT2D eigenvalue weighted by Gasteiger charge is 2.23. The van der Waals surface area contributed by atoms with Gasteiger partial charge in [-0.1, -0.05) is 66.2 Å². The number of rotatable bonds is 8. The molecule has 1 atom stereocenters. The van der Waals surface area contributed by atoms with Crippen molar-refractivity contribution in [1.82, 2.24) is 14.9 Å². The van der Waals surface area contributed by atoms with Crippen LogP contribution >= 0.6 is 35.3 Å². The molecule has 3 aromatic rings. The second kappa shape index (κ2) is 9.29. The molecule has 0 aliphatic rings. The fraction of sp³-hybridized carbons (Fsp3) is 0.333. The molecule has 0 aliphatic heterocycles. The summed E-state index contributed by atoms with van der Waals surface area (Å²) in [5.41, 5.74) is 0.915. The molecule has 2 heterocycles. The molecule has 0 radical (unpaired) electrons. The predicted molar refractivity (Wildman–Crippen MR) is 111 cm³/mol. The molecular weight excluding hydrogens is 400 g/mol. The third-order valence-electron chi connectivity index (χ3n) is 3.76. The zero-order valence-electron chi connectivity index (χ0n) is 15.0.